The number of aromatic nitrogens is 2. The lowest BCUT2D eigenvalue weighted by atomic mass is 10.1. The average Bonchev–Trinajstić information content (AvgIpc) is 2.71. The Hall–Kier alpha value is -3.82. The Morgan fingerprint density at radius 1 is 1.33 bits per heavy atom. The van der Waals surface area contributed by atoms with Gasteiger partial charge >= 0.3 is 6.18 Å². The summed E-state index contributed by atoms with van der Waals surface area (Å²) in [5.74, 6) is -2.71. The minimum absolute atomic E-state index is 0.165. The summed E-state index contributed by atoms with van der Waals surface area (Å²) in [4.78, 5) is 22.4. The normalized spacial score (nSPS) is 13.8. The lowest BCUT2D eigenvalue weighted by Crippen LogP contribution is -2.40. The largest absolute Gasteiger partial charge is 0.449 e. The van der Waals surface area contributed by atoms with E-state index in [-0.39, 0.29) is 11.3 Å². The highest BCUT2D eigenvalue weighted by Crippen LogP contribution is 2.36. The molecule has 8 nitrogen and oxygen atoms in total. The topological polar surface area (TPSA) is 126 Å². The highest BCUT2D eigenvalue weighted by atomic mass is 19.4. The molecule has 2 heterocycles. The van der Waals surface area contributed by atoms with E-state index in [0.29, 0.717) is 6.07 Å². The monoisotopic (exact) mass is 428 g/mol. The van der Waals surface area contributed by atoms with E-state index in [1.54, 1.807) is 6.07 Å². The lowest BCUT2D eigenvalue weighted by Gasteiger charge is -2.24. The van der Waals surface area contributed by atoms with Crippen LogP contribution in [0.25, 0.3) is 0 Å². The van der Waals surface area contributed by atoms with Gasteiger partial charge in [-0.25, -0.2) is 23.7 Å². The highest BCUT2D eigenvalue weighted by molar-refractivity contribution is 6.02. The molecule has 0 unspecified atom stereocenters. The maximum atomic E-state index is 14.6. The molecule has 2 atom stereocenters. The molecule has 0 saturated carbocycles. The third-order valence-electron chi connectivity index (χ3n) is 3.56. The van der Waals surface area contributed by atoms with Crippen molar-refractivity contribution in [3.05, 3.63) is 53.2 Å². The summed E-state index contributed by atoms with van der Waals surface area (Å²) in [6.45, 7) is 0. The molecule has 0 aromatic carbocycles. The Balaban J connectivity index is 2.30. The van der Waals surface area contributed by atoms with E-state index < -0.39 is 47.7 Å². The number of anilines is 1. The van der Waals surface area contributed by atoms with Gasteiger partial charge in [0.1, 0.15) is 29.1 Å². The zero-order valence-corrected chi connectivity index (χ0v) is 15.1. The Kier molecular flexibility index (Phi) is 6.83. The standard InChI is InChI=1S/C17H13F5N6O2/c1-25-16(24)30-14(17(20,21)22)12(19)13-9(18)3-5-11(27-13)28-15(29)10-4-2-8(6-23)7-26-10/h2-5,7,12,14H,1H3,(H2,24,25)(H,27,28,29)/t12-,14+/m1/s1. The van der Waals surface area contributed by atoms with Gasteiger partial charge in [0.15, 0.2) is 6.17 Å². The fourth-order valence-corrected chi connectivity index (χ4v) is 2.11. The number of carbonyl (C=O) groups excluding carboxylic acids is 1. The highest BCUT2D eigenvalue weighted by Gasteiger charge is 2.50. The van der Waals surface area contributed by atoms with Crippen molar-refractivity contribution in [2.24, 2.45) is 10.7 Å². The molecule has 13 heteroatoms. The number of alkyl halides is 4. The van der Waals surface area contributed by atoms with Crippen LogP contribution >= 0.6 is 0 Å². The molecule has 0 aliphatic rings. The van der Waals surface area contributed by atoms with Crippen LogP contribution in [0.5, 0.6) is 0 Å². The van der Waals surface area contributed by atoms with Crippen molar-refractivity contribution in [1.82, 2.24) is 9.97 Å². The van der Waals surface area contributed by atoms with Crippen LogP contribution in [0.3, 0.4) is 0 Å². The molecule has 1 amide bonds. The van der Waals surface area contributed by atoms with Crippen LogP contribution in [-0.4, -0.2) is 41.2 Å². The van der Waals surface area contributed by atoms with Crippen molar-refractivity contribution in [2.75, 3.05) is 12.4 Å². The fourth-order valence-electron chi connectivity index (χ4n) is 2.11. The maximum absolute atomic E-state index is 14.6. The third kappa shape index (κ3) is 5.37. The predicted molar refractivity (Wildman–Crippen MR) is 93.4 cm³/mol. The molecule has 2 aromatic rings. The van der Waals surface area contributed by atoms with Gasteiger partial charge in [-0.2, -0.15) is 18.4 Å². The van der Waals surface area contributed by atoms with Crippen molar-refractivity contribution in [3.8, 4) is 6.07 Å². The van der Waals surface area contributed by atoms with E-state index in [4.69, 9.17) is 11.0 Å². The number of amidine groups is 1. The quantitative estimate of drug-likeness (QED) is 0.428. The number of amides is 1. The summed E-state index contributed by atoms with van der Waals surface area (Å²) in [6, 6.07) is 4.88. The Bertz CT molecular complexity index is 988. The summed E-state index contributed by atoms with van der Waals surface area (Å²) in [6.07, 6.45) is -10.5. The van der Waals surface area contributed by atoms with Gasteiger partial charge in [0.2, 0.25) is 6.10 Å². The first-order valence-electron chi connectivity index (χ1n) is 8.00. The molecule has 0 aliphatic heterocycles. The number of hydrogen-bond acceptors (Lipinski definition) is 6. The van der Waals surface area contributed by atoms with Crippen LogP contribution in [0.2, 0.25) is 0 Å². The number of rotatable bonds is 5. The van der Waals surface area contributed by atoms with E-state index in [1.165, 1.54) is 12.1 Å². The summed E-state index contributed by atoms with van der Waals surface area (Å²) in [7, 11) is 1.02. The molecule has 158 valence electrons. The van der Waals surface area contributed by atoms with Crippen molar-refractivity contribution in [3.63, 3.8) is 0 Å². The van der Waals surface area contributed by atoms with Gasteiger partial charge in [-0.05, 0) is 24.3 Å². The summed E-state index contributed by atoms with van der Waals surface area (Å²) < 4.78 is 72.3. The average molecular weight is 428 g/mol. The molecule has 0 aliphatic carbocycles. The SMILES string of the molecule is CN=C(N)O[C@@H]([C@H](F)c1nc(NC(=O)c2ccc(C#N)cn2)ccc1F)C(F)(F)F. The van der Waals surface area contributed by atoms with Gasteiger partial charge < -0.3 is 15.8 Å². The number of pyridine rings is 2. The molecule has 30 heavy (non-hydrogen) atoms. The molecule has 3 N–H and O–H groups in total. The number of nitrogens with two attached hydrogens (primary N) is 1. The first-order chi connectivity index (χ1) is 14.1. The number of carbonyl (C=O) groups is 1. The van der Waals surface area contributed by atoms with Gasteiger partial charge in [-0.3, -0.25) is 4.79 Å². The van der Waals surface area contributed by atoms with Crippen LogP contribution < -0.4 is 11.1 Å². The number of ether oxygens (including phenoxy) is 1. The second kappa shape index (κ2) is 9.12. The van der Waals surface area contributed by atoms with Crippen LogP contribution in [-0.2, 0) is 4.74 Å². The summed E-state index contributed by atoms with van der Waals surface area (Å²) in [5, 5.41) is 10.9. The van der Waals surface area contributed by atoms with E-state index in [2.05, 4.69) is 25.0 Å². The zero-order valence-electron chi connectivity index (χ0n) is 15.1. The zero-order chi connectivity index (χ0) is 22.5. The second-order valence-corrected chi connectivity index (χ2v) is 5.61. The van der Waals surface area contributed by atoms with E-state index in [1.807, 2.05) is 0 Å². The van der Waals surface area contributed by atoms with Crippen LogP contribution in [0, 0.1) is 17.1 Å². The summed E-state index contributed by atoms with van der Waals surface area (Å²) >= 11 is 0. The lowest BCUT2D eigenvalue weighted by molar-refractivity contribution is -0.217. The van der Waals surface area contributed by atoms with Crippen molar-refractivity contribution >= 4 is 17.7 Å². The third-order valence-corrected chi connectivity index (χ3v) is 3.56. The molecular formula is C17H13F5N6O2. The van der Waals surface area contributed by atoms with E-state index >= 15 is 0 Å². The van der Waals surface area contributed by atoms with Crippen LogP contribution in [0.1, 0.15) is 27.9 Å². The number of halogens is 5. The number of aliphatic imine (C=N–C) groups is 1. The molecular weight excluding hydrogens is 415 g/mol. The maximum Gasteiger partial charge on any atom is 0.428 e. The van der Waals surface area contributed by atoms with Crippen molar-refractivity contribution in [2.45, 2.75) is 18.5 Å². The minimum atomic E-state index is -5.27. The molecule has 0 bridgehead atoms. The Labute approximate surface area is 166 Å². The number of nitrogens with zero attached hydrogens (tertiary/aromatic N) is 4. The molecule has 2 rings (SSSR count). The number of nitrogens with one attached hydrogen (secondary N) is 1. The molecule has 2 aromatic heterocycles. The first kappa shape index (κ1) is 22.5. The Morgan fingerprint density at radius 3 is 2.57 bits per heavy atom. The van der Waals surface area contributed by atoms with Gasteiger partial charge in [0.25, 0.3) is 11.9 Å². The van der Waals surface area contributed by atoms with Gasteiger partial charge in [-0.1, -0.05) is 0 Å². The van der Waals surface area contributed by atoms with Gasteiger partial charge in [0.05, 0.1) is 5.56 Å². The minimum Gasteiger partial charge on any atom is -0.449 e. The van der Waals surface area contributed by atoms with E-state index in [0.717, 1.165) is 19.3 Å². The smallest absolute Gasteiger partial charge is 0.428 e. The van der Waals surface area contributed by atoms with Gasteiger partial charge in [0, 0.05) is 13.2 Å². The van der Waals surface area contributed by atoms with Crippen LogP contribution in [0.4, 0.5) is 27.8 Å². The Morgan fingerprint density at radius 2 is 2.03 bits per heavy atom. The van der Waals surface area contributed by atoms with Crippen LogP contribution in [0.15, 0.2) is 35.5 Å². The van der Waals surface area contributed by atoms with Crippen molar-refractivity contribution in [1.29, 1.82) is 5.26 Å². The second-order valence-electron chi connectivity index (χ2n) is 5.61. The first-order valence-corrected chi connectivity index (χ1v) is 8.00. The molecule has 0 spiro atoms. The molecule has 0 saturated heterocycles. The summed E-state index contributed by atoms with van der Waals surface area (Å²) in [5.41, 5.74) is 3.83. The molecule has 0 fully saturated rings. The number of hydrogen-bond donors (Lipinski definition) is 2. The van der Waals surface area contributed by atoms with Gasteiger partial charge in [-0.15, -0.1) is 0 Å². The van der Waals surface area contributed by atoms with E-state index in [9.17, 15) is 26.7 Å². The molecule has 0 radical (unpaired) electrons. The predicted octanol–water partition coefficient (Wildman–Crippen LogP) is 2.64. The van der Waals surface area contributed by atoms with Crippen molar-refractivity contribution < 1.29 is 31.5 Å². The number of nitriles is 1. The fraction of sp³-hybridized carbons (Fsp3) is 0.235.